The van der Waals surface area contributed by atoms with Crippen molar-refractivity contribution in [1.29, 1.82) is 5.26 Å². The molecular weight excluding hydrogens is 265 g/mol. The van der Waals surface area contributed by atoms with E-state index in [-0.39, 0.29) is 5.75 Å². The second-order valence-electron chi connectivity index (χ2n) is 4.71. The van der Waals surface area contributed by atoms with Crippen LogP contribution in [0.4, 0.5) is 10.1 Å². The van der Waals surface area contributed by atoms with E-state index in [1.807, 2.05) is 6.07 Å². The fourth-order valence-corrected chi connectivity index (χ4v) is 1.57. The van der Waals surface area contributed by atoms with Crippen molar-refractivity contribution < 1.29 is 14.1 Å². The summed E-state index contributed by atoms with van der Waals surface area (Å²) in [5, 5.41) is 19.2. The van der Waals surface area contributed by atoms with Crippen LogP contribution in [-0.4, -0.2) is 17.1 Å². The Morgan fingerprint density at radius 3 is 2.80 bits per heavy atom. The molecule has 1 rings (SSSR count). The Hall–Kier alpha value is -2.20. The minimum atomic E-state index is -0.925. The SMILES string of the molecule is CC(N)(C#N)CCCCOc1ccc([N+](=O)[O-])c(F)c1. The third kappa shape index (κ3) is 4.82. The van der Waals surface area contributed by atoms with Gasteiger partial charge in [0, 0.05) is 12.1 Å². The summed E-state index contributed by atoms with van der Waals surface area (Å²) in [5.41, 5.74) is 4.23. The highest BCUT2D eigenvalue weighted by Crippen LogP contribution is 2.22. The number of hydrogen-bond acceptors (Lipinski definition) is 5. The molecule has 0 amide bonds. The number of nitrogens with two attached hydrogens (primary N) is 1. The number of unbranched alkanes of at least 4 members (excludes halogenated alkanes) is 1. The molecule has 0 fully saturated rings. The minimum absolute atomic E-state index is 0.240. The lowest BCUT2D eigenvalue weighted by molar-refractivity contribution is -0.387. The van der Waals surface area contributed by atoms with Gasteiger partial charge in [0.05, 0.1) is 17.6 Å². The van der Waals surface area contributed by atoms with Crippen LogP contribution in [-0.2, 0) is 0 Å². The van der Waals surface area contributed by atoms with Gasteiger partial charge in [0.1, 0.15) is 11.3 Å². The van der Waals surface area contributed by atoms with Gasteiger partial charge in [-0.05, 0) is 32.3 Å². The second-order valence-corrected chi connectivity index (χ2v) is 4.71. The molecule has 20 heavy (non-hydrogen) atoms. The van der Waals surface area contributed by atoms with Gasteiger partial charge in [-0.15, -0.1) is 0 Å². The Morgan fingerprint density at radius 2 is 2.25 bits per heavy atom. The smallest absolute Gasteiger partial charge is 0.305 e. The standard InChI is InChI=1S/C13H16FN3O3/c1-13(16,9-15)6-2-3-7-20-10-4-5-12(17(18)19)11(14)8-10/h4-5,8H,2-3,6-7,16H2,1H3. The first kappa shape index (κ1) is 15.9. The van der Waals surface area contributed by atoms with Crippen LogP contribution in [0.25, 0.3) is 0 Å². The Kier molecular flexibility index (Phi) is 5.41. The van der Waals surface area contributed by atoms with Crippen molar-refractivity contribution in [1.82, 2.24) is 0 Å². The van der Waals surface area contributed by atoms with E-state index in [2.05, 4.69) is 0 Å². The van der Waals surface area contributed by atoms with Crippen molar-refractivity contribution in [2.45, 2.75) is 31.7 Å². The first-order valence-electron chi connectivity index (χ1n) is 6.12. The van der Waals surface area contributed by atoms with Crippen LogP contribution in [0.2, 0.25) is 0 Å². The summed E-state index contributed by atoms with van der Waals surface area (Å²) >= 11 is 0. The third-order valence-corrected chi connectivity index (χ3v) is 2.73. The van der Waals surface area contributed by atoms with Crippen molar-refractivity contribution in [3.63, 3.8) is 0 Å². The Labute approximate surface area is 116 Å². The van der Waals surface area contributed by atoms with Crippen molar-refractivity contribution >= 4 is 5.69 Å². The van der Waals surface area contributed by atoms with Crippen molar-refractivity contribution in [3.05, 3.63) is 34.1 Å². The maximum Gasteiger partial charge on any atom is 0.305 e. The lowest BCUT2D eigenvalue weighted by Gasteiger charge is -2.14. The Balaban J connectivity index is 2.38. The maximum atomic E-state index is 13.3. The molecule has 0 saturated heterocycles. The molecule has 0 radical (unpaired) electrons. The summed E-state index contributed by atoms with van der Waals surface area (Å²) in [6, 6.07) is 5.40. The lowest BCUT2D eigenvalue weighted by atomic mass is 9.98. The van der Waals surface area contributed by atoms with E-state index >= 15 is 0 Å². The predicted octanol–water partition coefficient (Wildman–Crippen LogP) is 2.52. The number of nitriles is 1. The van der Waals surface area contributed by atoms with Gasteiger partial charge in [-0.2, -0.15) is 9.65 Å². The highest BCUT2D eigenvalue weighted by molar-refractivity contribution is 5.37. The van der Waals surface area contributed by atoms with Gasteiger partial charge in [0.15, 0.2) is 0 Å². The molecule has 7 heteroatoms. The summed E-state index contributed by atoms with van der Waals surface area (Å²) in [4.78, 5) is 9.65. The van der Waals surface area contributed by atoms with Gasteiger partial charge in [0.2, 0.25) is 5.82 Å². The summed E-state index contributed by atoms with van der Waals surface area (Å²) in [7, 11) is 0. The zero-order valence-electron chi connectivity index (χ0n) is 11.1. The van der Waals surface area contributed by atoms with Crippen molar-refractivity contribution in [3.8, 4) is 11.8 Å². The predicted molar refractivity (Wildman–Crippen MR) is 70.6 cm³/mol. The number of halogens is 1. The van der Waals surface area contributed by atoms with Crippen LogP contribution in [0.1, 0.15) is 26.2 Å². The topological polar surface area (TPSA) is 102 Å². The van der Waals surface area contributed by atoms with Crippen molar-refractivity contribution in [2.24, 2.45) is 5.73 Å². The second kappa shape index (κ2) is 6.82. The van der Waals surface area contributed by atoms with Gasteiger partial charge in [-0.3, -0.25) is 10.1 Å². The first-order valence-corrected chi connectivity index (χ1v) is 6.12. The first-order chi connectivity index (χ1) is 9.35. The zero-order chi connectivity index (χ0) is 15.2. The zero-order valence-corrected chi connectivity index (χ0v) is 11.1. The molecule has 1 aromatic rings. The number of nitro groups is 1. The van der Waals surface area contributed by atoms with Gasteiger partial charge in [-0.1, -0.05) is 0 Å². The van der Waals surface area contributed by atoms with Gasteiger partial charge < -0.3 is 10.5 Å². The van der Waals surface area contributed by atoms with Crippen LogP contribution >= 0.6 is 0 Å². The third-order valence-electron chi connectivity index (χ3n) is 2.73. The Morgan fingerprint density at radius 1 is 1.55 bits per heavy atom. The molecule has 0 bridgehead atoms. The molecule has 0 aromatic heterocycles. The number of hydrogen-bond donors (Lipinski definition) is 1. The summed E-state index contributed by atoms with van der Waals surface area (Å²) < 4.78 is 18.6. The molecule has 0 aliphatic rings. The number of nitrogens with zero attached hydrogens (tertiary/aromatic N) is 2. The van der Waals surface area contributed by atoms with Crippen molar-refractivity contribution in [2.75, 3.05) is 6.61 Å². The number of benzene rings is 1. The molecule has 0 saturated carbocycles. The van der Waals surface area contributed by atoms with Gasteiger partial charge in [0.25, 0.3) is 0 Å². The molecule has 0 heterocycles. The number of rotatable bonds is 7. The molecule has 0 aliphatic carbocycles. The van der Waals surface area contributed by atoms with Gasteiger partial charge in [-0.25, -0.2) is 0 Å². The van der Waals surface area contributed by atoms with E-state index in [0.29, 0.717) is 25.9 Å². The van der Waals surface area contributed by atoms with Crippen LogP contribution < -0.4 is 10.5 Å². The van der Waals surface area contributed by atoms with E-state index < -0.39 is 22.0 Å². The fourth-order valence-electron chi connectivity index (χ4n) is 1.57. The molecule has 1 unspecified atom stereocenters. The molecule has 1 atom stereocenters. The molecule has 0 aliphatic heterocycles. The molecule has 0 spiro atoms. The number of ether oxygens (including phenoxy) is 1. The normalized spacial score (nSPS) is 13.3. The monoisotopic (exact) mass is 281 g/mol. The van der Waals surface area contributed by atoms with E-state index in [1.165, 1.54) is 6.07 Å². The van der Waals surface area contributed by atoms with E-state index in [1.54, 1.807) is 6.92 Å². The maximum absolute atomic E-state index is 13.3. The van der Waals surface area contributed by atoms with Crippen LogP contribution in [0.5, 0.6) is 5.75 Å². The summed E-state index contributed by atoms with van der Waals surface area (Å²) in [6.07, 6.45) is 1.91. The molecule has 108 valence electrons. The highest BCUT2D eigenvalue weighted by Gasteiger charge is 2.16. The molecule has 2 N–H and O–H groups in total. The summed E-state index contributed by atoms with van der Waals surface area (Å²) in [5.74, 6) is -0.685. The molecule has 6 nitrogen and oxygen atoms in total. The average molecular weight is 281 g/mol. The van der Waals surface area contributed by atoms with Crippen LogP contribution in [0, 0.1) is 27.3 Å². The Bertz CT molecular complexity index is 526. The number of nitro benzene ring substituents is 1. The summed E-state index contributed by atoms with van der Waals surface area (Å²) in [6.45, 7) is 1.98. The average Bonchev–Trinajstić information content (AvgIpc) is 2.38. The van der Waals surface area contributed by atoms with Crippen LogP contribution in [0.15, 0.2) is 18.2 Å². The van der Waals surface area contributed by atoms with E-state index in [0.717, 1.165) is 12.1 Å². The van der Waals surface area contributed by atoms with Crippen LogP contribution in [0.3, 0.4) is 0 Å². The lowest BCUT2D eigenvalue weighted by Crippen LogP contribution is -2.33. The quantitative estimate of drug-likeness (QED) is 0.470. The highest BCUT2D eigenvalue weighted by atomic mass is 19.1. The molecule has 1 aromatic carbocycles. The van der Waals surface area contributed by atoms with E-state index in [9.17, 15) is 14.5 Å². The van der Waals surface area contributed by atoms with Gasteiger partial charge >= 0.3 is 5.69 Å². The molecular formula is C13H16FN3O3. The minimum Gasteiger partial charge on any atom is -0.493 e. The largest absolute Gasteiger partial charge is 0.493 e. The van der Waals surface area contributed by atoms with E-state index in [4.69, 9.17) is 15.7 Å². The fraction of sp³-hybridized carbons (Fsp3) is 0.462.